The number of rotatable bonds is 8. The number of hydrogen-bond acceptors (Lipinski definition) is 6. The summed E-state index contributed by atoms with van der Waals surface area (Å²) in [5, 5.41) is 7.05. The van der Waals surface area contributed by atoms with Gasteiger partial charge >= 0.3 is 0 Å². The van der Waals surface area contributed by atoms with E-state index in [-0.39, 0.29) is 5.91 Å². The SMILES string of the molecule is CCCN1CCCCCOc2ccc(C(=O)NCCn3nccc3NS(C)(=O)=O)cc2Cc2cccc(c2)C1. The second kappa shape index (κ2) is 13.6. The zero-order chi connectivity index (χ0) is 27.7. The summed E-state index contributed by atoms with van der Waals surface area (Å²) < 4.78 is 33.2. The first-order chi connectivity index (χ1) is 18.8. The van der Waals surface area contributed by atoms with Crippen molar-refractivity contribution in [1.29, 1.82) is 0 Å². The number of benzene rings is 2. The minimum atomic E-state index is -3.42. The number of carbonyl (C=O) groups is 1. The summed E-state index contributed by atoms with van der Waals surface area (Å²) in [6, 6.07) is 15.9. The van der Waals surface area contributed by atoms with Crippen LogP contribution < -0.4 is 14.8 Å². The molecule has 0 aliphatic carbocycles. The lowest BCUT2D eigenvalue weighted by molar-refractivity contribution is 0.0951. The highest BCUT2D eigenvalue weighted by molar-refractivity contribution is 7.92. The molecule has 2 bridgehead atoms. The lowest BCUT2D eigenvalue weighted by Crippen LogP contribution is -2.28. The Hall–Kier alpha value is -3.37. The van der Waals surface area contributed by atoms with Crippen LogP contribution in [0, 0.1) is 0 Å². The third-order valence-corrected chi connectivity index (χ3v) is 7.23. The number of nitrogens with one attached hydrogen (secondary N) is 2. The van der Waals surface area contributed by atoms with Crippen LogP contribution in [0.4, 0.5) is 5.82 Å². The number of amides is 1. The molecule has 4 rings (SSSR count). The molecule has 39 heavy (non-hydrogen) atoms. The van der Waals surface area contributed by atoms with Gasteiger partial charge in [-0.05, 0) is 73.7 Å². The van der Waals surface area contributed by atoms with Crippen molar-refractivity contribution in [3.8, 4) is 5.75 Å². The molecule has 2 heterocycles. The van der Waals surface area contributed by atoms with Gasteiger partial charge in [0.25, 0.3) is 5.91 Å². The summed E-state index contributed by atoms with van der Waals surface area (Å²) in [5.41, 5.74) is 4.03. The molecule has 1 aliphatic rings. The van der Waals surface area contributed by atoms with Crippen molar-refractivity contribution >= 4 is 21.7 Å². The maximum atomic E-state index is 13.0. The van der Waals surface area contributed by atoms with Crippen molar-refractivity contribution in [3.05, 3.63) is 77.0 Å². The molecule has 2 aromatic carbocycles. The van der Waals surface area contributed by atoms with Crippen LogP contribution in [0.2, 0.25) is 0 Å². The van der Waals surface area contributed by atoms with Gasteiger partial charge in [0.15, 0.2) is 0 Å². The van der Waals surface area contributed by atoms with E-state index in [0.29, 0.717) is 37.5 Å². The highest BCUT2D eigenvalue weighted by Gasteiger charge is 2.14. The maximum Gasteiger partial charge on any atom is 0.251 e. The molecule has 0 saturated carbocycles. The number of hydrogen-bond donors (Lipinski definition) is 2. The highest BCUT2D eigenvalue weighted by Crippen LogP contribution is 2.25. The molecule has 2 N–H and O–H groups in total. The van der Waals surface area contributed by atoms with Gasteiger partial charge in [0.05, 0.1) is 25.6 Å². The van der Waals surface area contributed by atoms with E-state index >= 15 is 0 Å². The summed E-state index contributed by atoms with van der Waals surface area (Å²) in [7, 11) is -3.42. The number of aromatic nitrogens is 2. The summed E-state index contributed by atoms with van der Waals surface area (Å²) in [5.74, 6) is 0.968. The highest BCUT2D eigenvalue weighted by atomic mass is 32.2. The van der Waals surface area contributed by atoms with E-state index in [9.17, 15) is 13.2 Å². The Kier molecular flexibility index (Phi) is 10.00. The smallest absolute Gasteiger partial charge is 0.251 e. The molecule has 1 aliphatic heterocycles. The number of carbonyl (C=O) groups excluding carboxylic acids is 1. The minimum Gasteiger partial charge on any atom is -0.493 e. The number of anilines is 1. The number of sulfonamides is 1. The van der Waals surface area contributed by atoms with Gasteiger partial charge in [-0.15, -0.1) is 0 Å². The van der Waals surface area contributed by atoms with Crippen LogP contribution in [0.3, 0.4) is 0 Å². The quantitative estimate of drug-likeness (QED) is 0.436. The fourth-order valence-corrected chi connectivity index (χ4v) is 5.42. The standard InChI is InChI=1S/C29H39N5O4S/c1-3-15-33-16-5-4-6-18-38-27-11-10-25(21-26(27)20-23-8-7-9-24(19-23)22-33)29(35)30-14-17-34-28(12-13-31-34)32-39(2,36)37/h7-13,19,21,32H,3-6,14-18,20,22H2,1-2H3,(H,30,35). The Balaban J connectivity index is 1.47. The monoisotopic (exact) mass is 553 g/mol. The van der Waals surface area contributed by atoms with Crippen molar-refractivity contribution in [2.75, 3.05) is 37.2 Å². The van der Waals surface area contributed by atoms with Gasteiger partial charge in [-0.1, -0.05) is 31.2 Å². The van der Waals surface area contributed by atoms with Gasteiger partial charge in [-0.2, -0.15) is 5.10 Å². The molecular formula is C29H39N5O4S. The van der Waals surface area contributed by atoms with Gasteiger partial charge < -0.3 is 10.1 Å². The van der Waals surface area contributed by atoms with E-state index in [1.807, 2.05) is 12.1 Å². The first kappa shape index (κ1) is 28.6. The number of nitrogens with zero attached hydrogens (tertiary/aromatic N) is 3. The number of ether oxygens (including phenoxy) is 1. The molecule has 210 valence electrons. The Morgan fingerprint density at radius 1 is 1.05 bits per heavy atom. The first-order valence-corrected chi connectivity index (χ1v) is 15.5. The maximum absolute atomic E-state index is 13.0. The van der Waals surface area contributed by atoms with Gasteiger partial charge in [-0.25, -0.2) is 13.1 Å². The Morgan fingerprint density at radius 3 is 2.72 bits per heavy atom. The van der Waals surface area contributed by atoms with Crippen LogP contribution in [0.1, 0.15) is 59.7 Å². The predicted octanol–water partition coefficient (Wildman–Crippen LogP) is 4.05. The Morgan fingerprint density at radius 2 is 1.90 bits per heavy atom. The van der Waals surface area contributed by atoms with Crippen LogP contribution in [0.25, 0.3) is 0 Å². The topological polar surface area (TPSA) is 106 Å². The minimum absolute atomic E-state index is 0.203. The summed E-state index contributed by atoms with van der Waals surface area (Å²) in [6.45, 7) is 6.65. The van der Waals surface area contributed by atoms with Gasteiger partial charge in [0.1, 0.15) is 11.6 Å². The van der Waals surface area contributed by atoms with E-state index in [2.05, 4.69) is 51.2 Å². The molecule has 1 amide bonds. The lowest BCUT2D eigenvalue weighted by atomic mass is 9.99. The normalized spacial score (nSPS) is 15.0. The fraction of sp³-hybridized carbons (Fsp3) is 0.448. The molecule has 9 nitrogen and oxygen atoms in total. The summed E-state index contributed by atoms with van der Waals surface area (Å²) >= 11 is 0. The van der Waals surface area contributed by atoms with Crippen LogP contribution in [0.15, 0.2) is 54.7 Å². The Labute approximate surface area is 231 Å². The zero-order valence-electron chi connectivity index (χ0n) is 22.9. The van der Waals surface area contributed by atoms with E-state index in [1.54, 1.807) is 12.1 Å². The van der Waals surface area contributed by atoms with E-state index in [4.69, 9.17) is 4.74 Å². The molecule has 0 spiro atoms. The molecule has 0 atom stereocenters. The van der Waals surface area contributed by atoms with Gasteiger partial charge in [0, 0.05) is 31.1 Å². The Bertz CT molecular complexity index is 1360. The first-order valence-electron chi connectivity index (χ1n) is 13.6. The van der Waals surface area contributed by atoms with Gasteiger partial charge in [0.2, 0.25) is 10.0 Å². The third kappa shape index (κ3) is 8.83. The molecule has 1 aromatic heterocycles. The molecular weight excluding hydrogens is 514 g/mol. The second-order valence-corrected chi connectivity index (χ2v) is 11.8. The van der Waals surface area contributed by atoms with Crippen LogP contribution in [-0.4, -0.2) is 61.5 Å². The molecule has 0 fully saturated rings. The molecule has 3 aromatic rings. The van der Waals surface area contributed by atoms with Crippen LogP contribution in [-0.2, 0) is 29.5 Å². The van der Waals surface area contributed by atoms with Crippen molar-refractivity contribution in [3.63, 3.8) is 0 Å². The fourth-order valence-electron chi connectivity index (χ4n) is 4.86. The van der Waals surface area contributed by atoms with Crippen molar-refractivity contribution in [2.24, 2.45) is 0 Å². The molecule has 0 radical (unpaired) electrons. The second-order valence-electron chi connectivity index (χ2n) is 10.1. The zero-order valence-corrected chi connectivity index (χ0v) is 23.7. The largest absolute Gasteiger partial charge is 0.493 e. The lowest BCUT2D eigenvalue weighted by Gasteiger charge is -2.22. The van der Waals surface area contributed by atoms with Crippen molar-refractivity contribution < 1.29 is 17.9 Å². The summed E-state index contributed by atoms with van der Waals surface area (Å²) in [6.07, 6.45) is 7.68. The van der Waals surface area contributed by atoms with E-state index in [0.717, 1.165) is 62.9 Å². The van der Waals surface area contributed by atoms with E-state index in [1.165, 1.54) is 22.0 Å². The average molecular weight is 554 g/mol. The third-order valence-electron chi connectivity index (χ3n) is 6.65. The van der Waals surface area contributed by atoms with Crippen molar-refractivity contribution in [2.45, 2.75) is 52.1 Å². The predicted molar refractivity (Wildman–Crippen MR) is 154 cm³/mol. The summed E-state index contributed by atoms with van der Waals surface area (Å²) in [4.78, 5) is 15.5. The van der Waals surface area contributed by atoms with Crippen molar-refractivity contribution in [1.82, 2.24) is 20.0 Å². The van der Waals surface area contributed by atoms with E-state index < -0.39 is 10.0 Å². The van der Waals surface area contributed by atoms with Crippen LogP contribution >= 0.6 is 0 Å². The van der Waals surface area contributed by atoms with Crippen LogP contribution in [0.5, 0.6) is 5.75 Å². The number of fused-ring (bicyclic) bond motifs is 3. The molecule has 0 saturated heterocycles. The molecule has 10 heteroatoms. The molecule has 0 unspecified atom stereocenters. The van der Waals surface area contributed by atoms with Gasteiger partial charge in [-0.3, -0.25) is 14.4 Å². The average Bonchev–Trinajstić information content (AvgIpc) is 3.31.